The summed E-state index contributed by atoms with van der Waals surface area (Å²) in [6.45, 7) is 1.54. The molecular formula is C20H25BrN2O2. The summed E-state index contributed by atoms with van der Waals surface area (Å²) in [5.74, 6) is 0.821. The van der Waals surface area contributed by atoms with Crippen LogP contribution in [0.4, 0.5) is 5.69 Å². The van der Waals surface area contributed by atoms with Crippen molar-refractivity contribution >= 4 is 27.5 Å². The third kappa shape index (κ3) is 7.71. The molecule has 2 aromatic rings. The molecule has 0 saturated carbocycles. The number of hydrogen-bond acceptors (Lipinski definition) is 3. The molecule has 0 aliphatic heterocycles. The summed E-state index contributed by atoms with van der Waals surface area (Å²) >= 11 is 3.41. The molecule has 0 fully saturated rings. The Morgan fingerprint density at radius 2 is 1.92 bits per heavy atom. The van der Waals surface area contributed by atoms with Gasteiger partial charge in [0.2, 0.25) is 5.91 Å². The minimum atomic E-state index is 0.0129. The Bertz CT molecular complexity index is 672. The van der Waals surface area contributed by atoms with Crippen LogP contribution in [0.25, 0.3) is 0 Å². The van der Waals surface area contributed by atoms with Crippen LogP contribution in [0.2, 0.25) is 0 Å². The Hall–Kier alpha value is -1.85. The molecule has 0 atom stereocenters. The monoisotopic (exact) mass is 404 g/mol. The van der Waals surface area contributed by atoms with Gasteiger partial charge >= 0.3 is 0 Å². The fraction of sp³-hybridized carbons (Fsp3) is 0.350. The van der Waals surface area contributed by atoms with Crippen LogP contribution < -0.4 is 10.1 Å². The lowest BCUT2D eigenvalue weighted by molar-refractivity contribution is -0.116. The highest BCUT2D eigenvalue weighted by Crippen LogP contribution is 2.18. The first kappa shape index (κ1) is 19.5. The van der Waals surface area contributed by atoms with E-state index in [1.165, 1.54) is 5.56 Å². The summed E-state index contributed by atoms with van der Waals surface area (Å²) in [7, 11) is 4.13. The van der Waals surface area contributed by atoms with E-state index in [0.717, 1.165) is 28.9 Å². The summed E-state index contributed by atoms with van der Waals surface area (Å²) in [6.07, 6.45) is 2.13. The summed E-state index contributed by atoms with van der Waals surface area (Å²) in [6, 6.07) is 15.7. The van der Waals surface area contributed by atoms with Crippen LogP contribution in [0.1, 0.15) is 18.4 Å². The maximum atomic E-state index is 12.0. The van der Waals surface area contributed by atoms with Gasteiger partial charge in [-0.15, -0.1) is 0 Å². The first-order chi connectivity index (χ1) is 12.0. The van der Waals surface area contributed by atoms with Crippen molar-refractivity contribution in [3.8, 4) is 5.75 Å². The number of nitrogens with one attached hydrogen (secondary N) is 1. The lowest BCUT2D eigenvalue weighted by Gasteiger charge is -2.10. The van der Waals surface area contributed by atoms with Gasteiger partial charge in [0.05, 0.1) is 6.61 Å². The molecule has 1 N–H and O–H groups in total. The number of halogens is 1. The first-order valence-corrected chi connectivity index (χ1v) is 9.24. The van der Waals surface area contributed by atoms with Gasteiger partial charge in [0.1, 0.15) is 5.75 Å². The molecule has 0 saturated heterocycles. The molecule has 0 unspecified atom stereocenters. The molecule has 0 aliphatic carbocycles. The number of carbonyl (C=O) groups is 1. The Kier molecular flexibility index (Phi) is 7.95. The highest BCUT2D eigenvalue weighted by Gasteiger charge is 2.03. The zero-order valence-corrected chi connectivity index (χ0v) is 16.4. The third-order valence-corrected chi connectivity index (χ3v) is 4.19. The quantitative estimate of drug-likeness (QED) is 0.631. The molecule has 0 aromatic heterocycles. The largest absolute Gasteiger partial charge is 0.494 e. The summed E-state index contributed by atoms with van der Waals surface area (Å²) in [5, 5.41) is 2.93. The second-order valence-corrected chi connectivity index (χ2v) is 7.12. The second-order valence-electron chi connectivity index (χ2n) is 6.21. The zero-order chi connectivity index (χ0) is 18.1. The van der Waals surface area contributed by atoms with Gasteiger partial charge in [0.25, 0.3) is 0 Å². The number of hydrogen-bond donors (Lipinski definition) is 1. The predicted molar refractivity (Wildman–Crippen MR) is 106 cm³/mol. The number of amides is 1. The van der Waals surface area contributed by atoms with Gasteiger partial charge in [-0.05, 0) is 62.8 Å². The number of likely N-dealkylation sites (N-methyl/N-ethyl adjacent to an activating group) is 1. The van der Waals surface area contributed by atoms with Crippen molar-refractivity contribution in [2.75, 3.05) is 32.6 Å². The topological polar surface area (TPSA) is 41.6 Å². The standard InChI is InChI=1S/C20H25BrN2O2/c1-23(2)13-12-16-8-10-18(11-9-16)22-20(24)7-4-14-25-19-6-3-5-17(21)15-19/h3,5-6,8-11,15H,4,7,12-14H2,1-2H3,(H,22,24). The number of ether oxygens (including phenoxy) is 1. The number of carbonyl (C=O) groups excluding carboxylic acids is 1. The fourth-order valence-electron chi connectivity index (χ4n) is 2.31. The van der Waals surface area contributed by atoms with E-state index in [0.29, 0.717) is 19.4 Å². The summed E-state index contributed by atoms with van der Waals surface area (Å²) in [4.78, 5) is 14.2. The molecule has 0 bridgehead atoms. The van der Waals surface area contributed by atoms with E-state index in [2.05, 4.69) is 52.4 Å². The van der Waals surface area contributed by atoms with E-state index < -0.39 is 0 Å². The average molecular weight is 405 g/mol. The van der Waals surface area contributed by atoms with Crippen molar-refractivity contribution in [1.82, 2.24) is 4.90 Å². The van der Waals surface area contributed by atoms with Crippen molar-refractivity contribution < 1.29 is 9.53 Å². The number of nitrogens with zero attached hydrogens (tertiary/aromatic N) is 1. The maximum absolute atomic E-state index is 12.0. The molecule has 4 nitrogen and oxygen atoms in total. The van der Waals surface area contributed by atoms with Crippen LogP contribution >= 0.6 is 15.9 Å². The highest BCUT2D eigenvalue weighted by atomic mass is 79.9. The van der Waals surface area contributed by atoms with Gasteiger partial charge in [0.15, 0.2) is 0 Å². The smallest absolute Gasteiger partial charge is 0.224 e. The number of anilines is 1. The molecule has 5 heteroatoms. The lowest BCUT2D eigenvalue weighted by atomic mass is 10.1. The van der Waals surface area contributed by atoms with E-state index in [-0.39, 0.29) is 5.91 Å². The van der Waals surface area contributed by atoms with Gasteiger partial charge in [-0.1, -0.05) is 34.1 Å². The molecule has 0 spiro atoms. The minimum Gasteiger partial charge on any atom is -0.494 e. The van der Waals surface area contributed by atoms with Crippen molar-refractivity contribution in [3.63, 3.8) is 0 Å². The Labute approximate surface area is 158 Å². The molecule has 25 heavy (non-hydrogen) atoms. The highest BCUT2D eigenvalue weighted by molar-refractivity contribution is 9.10. The maximum Gasteiger partial charge on any atom is 0.224 e. The SMILES string of the molecule is CN(C)CCc1ccc(NC(=O)CCCOc2cccc(Br)c2)cc1. The molecule has 1 amide bonds. The van der Waals surface area contributed by atoms with Crippen LogP contribution in [0, 0.1) is 0 Å². The molecular weight excluding hydrogens is 380 g/mol. The Balaban J connectivity index is 1.67. The fourth-order valence-corrected chi connectivity index (χ4v) is 2.69. The minimum absolute atomic E-state index is 0.0129. The zero-order valence-electron chi connectivity index (χ0n) is 14.8. The van der Waals surface area contributed by atoms with E-state index in [1.807, 2.05) is 36.4 Å². The van der Waals surface area contributed by atoms with Crippen LogP contribution in [-0.4, -0.2) is 38.1 Å². The van der Waals surface area contributed by atoms with E-state index in [1.54, 1.807) is 0 Å². The second kappa shape index (κ2) is 10.2. The molecule has 0 aliphatic rings. The summed E-state index contributed by atoms with van der Waals surface area (Å²) < 4.78 is 6.62. The molecule has 0 heterocycles. The third-order valence-electron chi connectivity index (χ3n) is 3.70. The first-order valence-electron chi connectivity index (χ1n) is 8.45. The van der Waals surface area contributed by atoms with Crippen LogP contribution in [0.15, 0.2) is 53.0 Å². The normalized spacial score (nSPS) is 10.7. The molecule has 134 valence electrons. The molecule has 2 rings (SSSR count). The number of rotatable bonds is 9. The van der Waals surface area contributed by atoms with Crippen molar-refractivity contribution in [2.24, 2.45) is 0 Å². The van der Waals surface area contributed by atoms with E-state index >= 15 is 0 Å². The predicted octanol–water partition coefficient (Wildman–Crippen LogP) is 4.35. The van der Waals surface area contributed by atoms with Crippen molar-refractivity contribution in [1.29, 1.82) is 0 Å². The van der Waals surface area contributed by atoms with Gasteiger partial charge in [-0.3, -0.25) is 4.79 Å². The van der Waals surface area contributed by atoms with Crippen molar-refractivity contribution in [3.05, 3.63) is 58.6 Å². The van der Waals surface area contributed by atoms with E-state index in [4.69, 9.17) is 4.74 Å². The van der Waals surface area contributed by atoms with Gasteiger partial charge in [-0.2, -0.15) is 0 Å². The molecule has 2 aromatic carbocycles. The van der Waals surface area contributed by atoms with Gasteiger partial charge in [0, 0.05) is 23.1 Å². The average Bonchev–Trinajstić information content (AvgIpc) is 2.58. The van der Waals surface area contributed by atoms with Crippen LogP contribution in [0.3, 0.4) is 0 Å². The Morgan fingerprint density at radius 1 is 1.16 bits per heavy atom. The summed E-state index contributed by atoms with van der Waals surface area (Å²) in [5.41, 5.74) is 2.11. The van der Waals surface area contributed by atoms with Crippen LogP contribution in [-0.2, 0) is 11.2 Å². The van der Waals surface area contributed by atoms with Gasteiger partial charge in [-0.25, -0.2) is 0 Å². The number of benzene rings is 2. The van der Waals surface area contributed by atoms with Gasteiger partial charge < -0.3 is 15.0 Å². The van der Waals surface area contributed by atoms with Crippen molar-refractivity contribution in [2.45, 2.75) is 19.3 Å². The Morgan fingerprint density at radius 3 is 2.60 bits per heavy atom. The van der Waals surface area contributed by atoms with E-state index in [9.17, 15) is 4.79 Å². The molecule has 0 radical (unpaired) electrons. The lowest BCUT2D eigenvalue weighted by Crippen LogP contribution is -2.15. The van der Waals surface area contributed by atoms with Crippen LogP contribution in [0.5, 0.6) is 5.75 Å².